The third-order valence-corrected chi connectivity index (χ3v) is 4.98. The third kappa shape index (κ3) is 2.63. The van der Waals surface area contributed by atoms with Gasteiger partial charge in [0, 0.05) is 0 Å². The Morgan fingerprint density at radius 3 is 2.41 bits per heavy atom. The molecule has 0 spiro atoms. The molecule has 114 valence electrons. The number of hydrogen-bond donors (Lipinski definition) is 0. The summed E-state index contributed by atoms with van der Waals surface area (Å²) in [6, 6.07) is 11.3. The Kier molecular flexibility index (Phi) is 3.95. The van der Waals surface area contributed by atoms with E-state index in [4.69, 9.17) is 0 Å². The molecule has 0 saturated carbocycles. The topological polar surface area (TPSA) is 0 Å². The largest absolute Gasteiger partial charge is 0.0649 e. The van der Waals surface area contributed by atoms with Gasteiger partial charge in [0.1, 0.15) is 0 Å². The first-order valence-corrected chi connectivity index (χ1v) is 8.36. The first-order chi connectivity index (χ1) is 10.5. The standard InChI is InChI=1S/C22H26/c1-14(2)11-18-12-19-7-6-8-21(22(19)13-18)20-10-9-15(3)16(4)17(20)5/h6-10,13-14H,11-12H2,1-5H3. The molecule has 0 radical (unpaired) electrons. The number of aryl methyl sites for hydroxylation is 1. The molecule has 22 heavy (non-hydrogen) atoms. The van der Waals surface area contributed by atoms with Crippen molar-refractivity contribution in [3.63, 3.8) is 0 Å². The highest BCUT2D eigenvalue weighted by atomic mass is 14.2. The first-order valence-electron chi connectivity index (χ1n) is 8.36. The van der Waals surface area contributed by atoms with Crippen molar-refractivity contribution < 1.29 is 0 Å². The molecule has 0 fully saturated rings. The van der Waals surface area contributed by atoms with Gasteiger partial charge in [-0.25, -0.2) is 0 Å². The van der Waals surface area contributed by atoms with E-state index >= 15 is 0 Å². The fourth-order valence-corrected chi connectivity index (χ4v) is 3.58. The van der Waals surface area contributed by atoms with Crippen LogP contribution in [0.2, 0.25) is 0 Å². The summed E-state index contributed by atoms with van der Waals surface area (Å²) in [7, 11) is 0. The van der Waals surface area contributed by atoms with Gasteiger partial charge in [0.2, 0.25) is 0 Å². The second kappa shape index (κ2) is 5.76. The molecule has 0 amide bonds. The molecule has 0 unspecified atom stereocenters. The molecule has 1 aliphatic rings. The predicted molar refractivity (Wildman–Crippen MR) is 97.2 cm³/mol. The molecule has 2 aromatic rings. The number of hydrogen-bond acceptors (Lipinski definition) is 0. The van der Waals surface area contributed by atoms with Gasteiger partial charge < -0.3 is 0 Å². The summed E-state index contributed by atoms with van der Waals surface area (Å²) in [5.41, 5.74) is 11.5. The molecule has 0 aromatic heterocycles. The van der Waals surface area contributed by atoms with Crippen LogP contribution in [0.5, 0.6) is 0 Å². The van der Waals surface area contributed by atoms with E-state index in [-0.39, 0.29) is 0 Å². The zero-order valence-electron chi connectivity index (χ0n) is 14.5. The molecular weight excluding hydrogens is 264 g/mol. The molecule has 0 heteroatoms. The van der Waals surface area contributed by atoms with Crippen LogP contribution in [0, 0.1) is 26.7 Å². The Balaban J connectivity index is 2.10. The molecule has 0 saturated heterocycles. The number of allylic oxidation sites excluding steroid dienone is 1. The van der Waals surface area contributed by atoms with E-state index in [0.29, 0.717) is 0 Å². The summed E-state index contributed by atoms with van der Waals surface area (Å²) >= 11 is 0. The van der Waals surface area contributed by atoms with Gasteiger partial charge in [-0.15, -0.1) is 0 Å². The van der Waals surface area contributed by atoms with E-state index in [2.05, 4.69) is 71.0 Å². The Morgan fingerprint density at radius 1 is 0.909 bits per heavy atom. The second-order valence-electron chi connectivity index (χ2n) is 7.14. The van der Waals surface area contributed by atoms with Crippen LogP contribution >= 0.6 is 0 Å². The van der Waals surface area contributed by atoms with Crippen molar-refractivity contribution in [3.8, 4) is 11.1 Å². The highest BCUT2D eigenvalue weighted by molar-refractivity contribution is 5.82. The summed E-state index contributed by atoms with van der Waals surface area (Å²) in [6.07, 6.45) is 4.78. The lowest BCUT2D eigenvalue weighted by Crippen LogP contribution is -1.94. The van der Waals surface area contributed by atoms with Crippen molar-refractivity contribution in [1.29, 1.82) is 0 Å². The van der Waals surface area contributed by atoms with Gasteiger partial charge in [-0.05, 0) is 78.5 Å². The molecule has 0 atom stereocenters. The molecule has 0 heterocycles. The highest BCUT2D eigenvalue weighted by Gasteiger charge is 2.18. The van der Waals surface area contributed by atoms with Crippen LogP contribution in [0.1, 0.15) is 48.1 Å². The normalized spacial score (nSPS) is 13.5. The van der Waals surface area contributed by atoms with Gasteiger partial charge in [0.25, 0.3) is 0 Å². The van der Waals surface area contributed by atoms with Gasteiger partial charge in [-0.2, -0.15) is 0 Å². The number of benzene rings is 2. The van der Waals surface area contributed by atoms with Gasteiger partial charge >= 0.3 is 0 Å². The minimum absolute atomic E-state index is 0.729. The Labute approximate surface area is 134 Å². The van der Waals surface area contributed by atoms with Crippen molar-refractivity contribution in [2.24, 2.45) is 5.92 Å². The number of fused-ring (bicyclic) bond motifs is 1. The lowest BCUT2D eigenvalue weighted by molar-refractivity contribution is 0.638. The van der Waals surface area contributed by atoms with E-state index in [1.165, 1.54) is 45.4 Å². The van der Waals surface area contributed by atoms with Crippen LogP contribution < -0.4 is 0 Å². The average Bonchev–Trinajstić information content (AvgIpc) is 2.86. The van der Waals surface area contributed by atoms with Crippen LogP contribution in [0.15, 0.2) is 35.9 Å². The highest BCUT2D eigenvalue weighted by Crippen LogP contribution is 2.37. The molecule has 0 aliphatic heterocycles. The zero-order chi connectivity index (χ0) is 15.9. The predicted octanol–water partition coefficient (Wildman–Crippen LogP) is 6.26. The van der Waals surface area contributed by atoms with Crippen molar-refractivity contribution in [2.45, 2.75) is 47.5 Å². The Morgan fingerprint density at radius 2 is 1.68 bits per heavy atom. The average molecular weight is 290 g/mol. The van der Waals surface area contributed by atoms with Crippen molar-refractivity contribution in [3.05, 3.63) is 63.7 Å². The summed E-state index contributed by atoms with van der Waals surface area (Å²) in [4.78, 5) is 0. The fourth-order valence-electron chi connectivity index (χ4n) is 3.58. The van der Waals surface area contributed by atoms with E-state index in [0.717, 1.165) is 12.3 Å². The Hall–Kier alpha value is -1.82. The van der Waals surface area contributed by atoms with Crippen molar-refractivity contribution >= 4 is 6.08 Å². The van der Waals surface area contributed by atoms with E-state index in [1.807, 2.05) is 0 Å². The van der Waals surface area contributed by atoms with Gasteiger partial charge in [-0.1, -0.05) is 55.8 Å². The van der Waals surface area contributed by atoms with Gasteiger partial charge in [0.05, 0.1) is 0 Å². The lowest BCUT2D eigenvalue weighted by atomic mass is 9.90. The van der Waals surface area contributed by atoms with Crippen LogP contribution in [0.4, 0.5) is 0 Å². The van der Waals surface area contributed by atoms with Crippen LogP contribution in [-0.4, -0.2) is 0 Å². The van der Waals surface area contributed by atoms with Crippen LogP contribution in [0.25, 0.3) is 17.2 Å². The summed E-state index contributed by atoms with van der Waals surface area (Å²) < 4.78 is 0. The number of rotatable bonds is 3. The van der Waals surface area contributed by atoms with Gasteiger partial charge in [-0.3, -0.25) is 0 Å². The van der Waals surface area contributed by atoms with Crippen LogP contribution in [0.3, 0.4) is 0 Å². The van der Waals surface area contributed by atoms with E-state index in [9.17, 15) is 0 Å². The molecule has 3 rings (SSSR count). The van der Waals surface area contributed by atoms with Gasteiger partial charge in [0.15, 0.2) is 0 Å². The second-order valence-corrected chi connectivity index (χ2v) is 7.14. The molecular formula is C22H26. The fraction of sp³-hybridized carbons (Fsp3) is 0.364. The molecule has 1 aliphatic carbocycles. The van der Waals surface area contributed by atoms with E-state index in [1.54, 1.807) is 5.57 Å². The molecule has 0 nitrogen and oxygen atoms in total. The van der Waals surface area contributed by atoms with E-state index < -0.39 is 0 Å². The summed E-state index contributed by atoms with van der Waals surface area (Å²) in [5, 5.41) is 0. The summed E-state index contributed by atoms with van der Waals surface area (Å²) in [6.45, 7) is 11.3. The smallest absolute Gasteiger partial charge is 0.00575 e. The molecule has 2 aromatic carbocycles. The molecule has 0 bridgehead atoms. The SMILES string of the molecule is Cc1ccc(-c2cccc3c2C=C(CC(C)C)C3)c(C)c1C. The monoisotopic (exact) mass is 290 g/mol. The maximum Gasteiger partial charge on any atom is -0.00575 e. The maximum atomic E-state index is 2.44. The van der Waals surface area contributed by atoms with Crippen LogP contribution in [-0.2, 0) is 6.42 Å². The molecule has 0 N–H and O–H groups in total. The third-order valence-electron chi connectivity index (χ3n) is 4.98. The van der Waals surface area contributed by atoms with Crippen molar-refractivity contribution in [2.75, 3.05) is 0 Å². The Bertz CT molecular complexity index is 745. The quantitative estimate of drug-likeness (QED) is 0.625. The minimum Gasteiger partial charge on any atom is -0.0649 e. The zero-order valence-corrected chi connectivity index (χ0v) is 14.5. The minimum atomic E-state index is 0.729. The van der Waals surface area contributed by atoms with Crippen molar-refractivity contribution in [1.82, 2.24) is 0 Å². The first kappa shape index (κ1) is 15.1. The lowest BCUT2D eigenvalue weighted by Gasteiger charge is -2.14. The maximum absolute atomic E-state index is 2.44. The summed E-state index contributed by atoms with van der Waals surface area (Å²) in [5.74, 6) is 0.729.